The summed E-state index contributed by atoms with van der Waals surface area (Å²) in [6.45, 7) is 11.3. The van der Waals surface area contributed by atoms with E-state index >= 15 is 0 Å². The Labute approximate surface area is 169 Å². The van der Waals surface area contributed by atoms with Crippen LogP contribution < -0.4 is 14.8 Å². The van der Waals surface area contributed by atoms with Crippen molar-refractivity contribution in [3.63, 3.8) is 0 Å². The van der Waals surface area contributed by atoms with E-state index in [2.05, 4.69) is 32.2 Å². The van der Waals surface area contributed by atoms with E-state index in [0.717, 1.165) is 29.9 Å². The lowest BCUT2D eigenvalue weighted by Gasteiger charge is -2.17. The Morgan fingerprint density at radius 3 is 2.43 bits per heavy atom. The van der Waals surface area contributed by atoms with E-state index < -0.39 is 0 Å². The fourth-order valence-corrected chi connectivity index (χ4v) is 3.19. The van der Waals surface area contributed by atoms with E-state index in [4.69, 9.17) is 9.47 Å². The summed E-state index contributed by atoms with van der Waals surface area (Å²) in [5.74, 6) is 1.93. The first kappa shape index (κ1) is 21.8. The summed E-state index contributed by atoms with van der Waals surface area (Å²) in [7, 11) is 0. The zero-order chi connectivity index (χ0) is 20.5. The number of carbonyl (C=O) groups is 1. The highest BCUT2D eigenvalue weighted by molar-refractivity contribution is 5.94. The molecule has 2 aromatic rings. The van der Waals surface area contributed by atoms with E-state index in [9.17, 15) is 4.79 Å². The predicted molar refractivity (Wildman–Crippen MR) is 114 cm³/mol. The summed E-state index contributed by atoms with van der Waals surface area (Å²) in [6.07, 6.45) is 2.00. The summed E-state index contributed by atoms with van der Waals surface area (Å²) in [4.78, 5) is 12.6. The Kier molecular flexibility index (Phi) is 8.37. The van der Waals surface area contributed by atoms with Crippen LogP contribution in [0.15, 0.2) is 42.5 Å². The van der Waals surface area contributed by atoms with Crippen LogP contribution in [0.3, 0.4) is 0 Å². The van der Waals surface area contributed by atoms with Crippen molar-refractivity contribution in [2.45, 2.75) is 66.0 Å². The first-order chi connectivity index (χ1) is 13.5. The summed E-state index contributed by atoms with van der Waals surface area (Å²) in [6, 6.07) is 13.8. The third-order valence-corrected chi connectivity index (χ3v) is 4.65. The van der Waals surface area contributed by atoms with E-state index in [-0.39, 0.29) is 11.9 Å². The molecule has 28 heavy (non-hydrogen) atoms. The summed E-state index contributed by atoms with van der Waals surface area (Å²) in [5, 5.41) is 3.05. The van der Waals surface area contributed by atoms with Gasteiger partial charge in [-0.3, -0.25) is 4.79 Å². The SMILES string of the molecule is CCC[C@@H](C)NC(=O)c1ccc(OCC)c(COc2ccccc2C(C)C)c1. The average Bonchev–Trinajstić information content (AvgIpc) is 2.67. The molecule has 0 fully saturated rings. The van der Waals surface area contributed by atoms with Gasteiger partial charge >= 0.3 is 0 Å². The Morgan fingerprint density at radius 2 is 1.75 bits per heavy atom. The number of benzene rings is 2. The molecule has 2 rings (SSSR count). The van der Waals surface area contributed by atoms with Crippen LogP contribution in [-0.2, 0) is 6.61 Å². The molecule has 1 N–H and O–H groups in total. The van der Waals surface area contributed by atoms with Gasteiger partial charge in [-0.2, -0.15) is 0 Å². The molecular weight excluding hydrogens is 350 g/mol. The van der Waals surface area contributed by atoms with Gasteiger partial charge in [-0.15, -0.1) is 0 Å². The van der Waals surface area contributed by atoms with Gasteiger partial charge in [0.2, 0.25) is 0 Å². The van der Waals surface area contributed by atoms with Crippen molar-refractivity contribution in [3.05, 3.63) is 59.2 Å². The molecule has 0 aliphatic rings. The van der Waals surface area contributed by atoms with Crippen LogP contribution in [0.1, 0.15) is 74.9 Å². The van der Waals surface area contributed by atoms with Gasteiger partial charge in [-0.1, -0.05) is 45.4 Å². The maximum Gasteiger partial charge on any atom is 0.251 e. The van der Waals surface area contributed by atoms with Crippen LogP contribution in [0.25, 0.3) is 0 Å². The first-order valence-electron chi connectivity index (χ1n) is 10.2. The van der Waals surface area contributed by atoms with Crippen molar-refractivity contribution in [2.24, 2.45) is 0 Å². The van der Waals surface area contributed by atoms with E-state index in [1.165, 1.54) is 5.56 Å². The van der Waals surface area contributed by atoms with Crippen molar-refractivity contribution >= 4 is 5.91 Å². The minimum atomic E-state index is -0.0622. The molecule has 0 aromatic heterocycles. The number of rotatable bonds is 10. The lowest BCUT2D eigenvalue weighted by atomic mass is 10.0. The fraction of sp³-hybridized carbons (Fsp3) is 0.458. The van der Waals surface area contributed by atoms with Crippen LogP contribution in [0.5, 0.6) is 11.5 Å². The largest absolute Gasteiger partial charge is 0.493 e. The summed E-state index contributed by atoms with van der Waals surface area (Å²) in [5.41, 5.74) is 2.67. The van der Waals surface area contributed by atoms with Crippen molar-refractivity contribution < 1.29 is 14.3 Å². The molecule has 0 radical (unpaired) electrons. The van der Waals surface area contributed by atoms with Crippen LogP contribution in [0, 0.1) is 0 Å². The normalized spacial score (nSPS) is 11.9. The van der Waals surface area contributed by atoms with Gasteiger partial charge in [0, 0.05) is 17.2 Å². The first-order valence-corrected chi connectivity index (χ1v) is 10.2. The molecule has 0 aliphatic carbocycles. The number of hydrogen-bond acceptors (Lipinski definition) is 3. The van der Waals surface area contributed by atoms with Gasteiger partial charge in [0.15, 0.2) is 0 Å². The van der Waals surface area contributed by atoms with Gasteiger partial charge in [0.25, 0.3) is 5.91 Å². The second-order valence-corrected chi connectivity index (χ2v) is 7.40. The molecule has 0 saturated carbocycles. The Bertz CT molecular complexity index is 770. The average molecular weight is 384 g/mol. The molecule has 0 aliphatic heterocycles. The second-order valence-electron chi connectivity index (χ2n) is 7.40. The summed E-state index contributed by atoms with van der Waals surface area (Å²) < 4.78 is 11.9. The van der Waals surface area contributed by atoms with Gasteiger partial charge in [-0.25, -0.2) is 0 Å². The van der Waals surface area contributed by atoms with Crippen molar-refractivity contribution in [1.82, 2.24) is 5.32 Å². The van der Waals surface area contributed by atoms with E-state index in [1.807, 2.05) is 50.2 Å². The molecule has 152 valence electrons. The van der Waals surface area contributed by atoms with Crippen LogP contribution in [0.4, 0.5) is 0 Å². The fourth-order valence-electron chi connectivity index (χ4n) is 3.19. The van der Waals surface area contributed by atoms with Gasteiger partial charge in [-0.05, 0) is 56.0 Å². The number of ether oxygens (including phenoxy) is 2. The second kappa shape index (κ2) is 10.7. The van der Waals surface area contributed by atoms with Gasteiger partial charge < -0.3 is 14.8 Å². The van der Waals surface area contributed by atoms with E-state index in [0.29, 0.717) is 24.7 Å². The number of para-hydroxylation sites is 1. The minimum Gasteiger partial charge on any atom is -0.493 e. The van der Waals surface area contributed by atoms with E-state index in [1.54, 1.807) is 0 Å². The highest BCUT2D eigenvalue weighted by Gasteiger charge is 2.14. The molecule has 0 bridgehead atoms. The lowest BCUT2D eigenvalue weighted by Crippen LogP contribution is -2.32. The highest BCUT2D eigenvalue weighted by atomic mass is 16.5. The molecule has 0 saturated heterocycles. The smallest absolute Gasteiger partial charge is 0.251 e. The van der Waals surface area contributed by atoms with Crippen molar-refractivity contribution in [3.8, 4) is 11.5 Å². The van der Waals surface area contributed by atoms with Gasteiger partial charge in [0.1, 0.15) is 18.1 Å². The van der Waals surface area contributed by atoms with Crippen LogP contribution >= 0.6 is 0 Å². The molecule has 4 nitrogen and oxygen atoms in total. The van der Waals surface area contributed by atoms with Crippen LogP contribution in [0.2, 0.25) is 0 Å². The maximum atomic E-state index is 12.6. The Hall–Kier alpha value is -2.49. The predicted octanol–water partition coefficient (Wildman–Crippen LogP) is 5.71. The number of amides is 1. The molecule has 2 aromatic carbocycles. The number of carbonyl (C=O) groups excluding carboxylic acids is 1. The molecule has 0 heterocycles. The van der Waals surface area contributed by atoms with Crippen molar-refractivity contribution in [1.29, 1.82) is 0 Å². The van der Waals surface area contributed by atoms with Gasteiger partial charge in [0.05, 0.1) is 6.61 Å². The molecule has 1 amide bonds. The molecule has 4 heteroatoms. The zero-order valence-corrected chi connectivity index (χ0v) is 17.7. The Morgan fingerprint density at radius 1 is 1.00 bits per heavy atom. The standard InChI is InChI=1S/C24H33NO3/c1-6-10-18(5)25-24(26)19-13-14-22(27-7-2)20(15-19)16-28-23-12-9-8-11-21(23)17(3)4/h8-9,11-15,17-18H,6-7,10,16H2,1-5H3,(H,25,26)/t18-/m1/s1. The monoisotopic (exact) mass is 383 g/mol. The highest BCUT2D eigenvalue weighted by Crippen LogP contribution is 2.28. The number of hydrogen-bond donors (Lipinski definition) is 1. The third-order valence-electron chi connectivity index (χ3n) is 4.65. The van der Waals surface area contributed by atoms with Crippen molar-refractivity contribution in [2.75, 3.05) is 6.61 Å². The number of nitrogens with one attached hydrogen (secondary N) is 1. The maximum absolute atomic E-state index is 12.6. The molecular formula is C24H33NO3. The zero-order valence-electron chi connectivity index (χ0n) is 17.7. The topological polar surface area (TPSA) is 47.6 Å². The Balaban J connectivity index is 2.20. The minimum absolute atomic E-state index is 0.0622. The lowest BCUT2D eigenvalue weighted by molar-refractivity contribution is 0.0938. The quantitative estimate of drug-likeness (QED) is 0.572. The molecule has 0 spiro atoms. The summed E-state index contributed by atoms with van der Waals surface area (Å²) >= 11 is 0. The molecule has 0 unspecified atom stereocenters. The van der Waals surface area contributed by atoms with Crippen LogP contribution in [-0.4, -0.2) is 18.6 Å². The molecule has 1 atom stereocenters. The third kappa shape index (κ3) is 6.01.